The number of amides is 2. The first-order valence-corrected chi connectivity index (χ1v) is 10.5. The van der Waals surface area contributed by atoms with Gasteiger partial charge in [0.15, 0.2) is 5.65 Å². The Balaban J connectivity index is 1.35. The van der Waals surface area contributed by atoms with E-state index >= 15 is 0 Å². The smallest absolute Gasteiger partial charge is 0.252 e. The number of anilines is 1. The molecule has 1 saturated heterocycles. The molecule has 0 radical (unpaired) electrons. The Morgan fingerprint density at radius 3 is 2.67 bits per heavy atom. The molecule has 0 bridgehead atoms. The number of nitrogens with one attached hydrogen (secondary N) is 1. The second kappa shape index (κ2) is 7.23. The molecule has 154 valence electrons. The maximum Gasteiger partial charge on any atom is 0.252 e. The van der Waals surface area contributed by atoms with Crippen LogP contribution in [0.5, 0.6) is 0 Å². The van der Waals surface area contributed by atoms with E-state index in [-0.39, 0.29) is 11.8 Å². The molecule has 1 saturated carbocycles. The summed E-state index contributed by atoms with van der Waals surface area (Å²) < 4.78 is 1.76. The zero-order valence-corrected chi connectivity index (χ0v) is 17.3. The zero-order valence-electron chi connectivity index (χ0n) is 17.3. The van der Waals surface area contributed by atoms with Crippen molar-refractivity contribution in [3.8, 4) is 0 Å². The summed E-state index contributed by atoms with van der Waals surface area (Å²) >= 11 is 0. The minimum absolute atomic E-state index is 0.112. The molecule has 7 nitrogen and oxygen atoms in total. The number of aryl methyl sites for hydroxylation is 2. The molecule has 1 aromatic carbocycles. The highest BCUT2D eigenvalue weighted by molar-refractivity contribution is 6.06. The highest BCUT2D eigenvalue weighted by Crippen LogP contribution is 2.40. The fourth-order valence-corrected chi connectivity index (χ4v) is 4.22. The molecule has 0 atom stereocenters. The average Bonchev–Trinajstić information content (AvgIpc) is 3.45. The van der Waals surface area contributed by atoms with Crippen LogP contribution in [0.1, 0.15) is 58.9 Å². The van der Waals surface area contributed by atoms with Crippen LogP contribution in [0.25, 0.3) is 11.0 Å². The molecule has 2 fully saturated rings. The molecule has 1 aliphatic heterocycles. The van der Waals surface area contributed by atoms with E-state index in [1.165, 1.54) is 0 Å². The molecule has 0 spiro atoms. The standard InChI is InChI=1S/C23H25N5O2/c1-14-21-18(12-19(16-7-8-16)25-22(21)27(2)26-14)23(30)24-13-15-5-9-17(10-6-15)28-11-3-4-20(28)29/h5-6,9-10,12,16H,3-4,7-8,11,13H2,1-2H3,(H,24,30). The molecule has 2 aromatic heterocycles. The lowest BCUT2D eigenvalue weighted by Crippen LogP contribution is -2.24. The lowest BCUT2D eigenvalue weighted by Gasteiger charge is -2.16. The average molecular weight is 403 g/mol. The maximum absolute atomic E-state index is 13.1. The van der Waals surface area contributed by atoms with Crippen molar-refractivity contribution in [2.24, 2.45) is 7.05 Å². The van der Waals surface area contributed by atoms with E-state index in [9.17, 15) is 9.59 Å². The number of rotatable bonds is 5. The fraction of sp³-hybridized carbons (Fsp3) is 0.391. The maximum atomic E-state index is 13.1. The topological polar surface area (TPSA) is 80.1 Å². The van der Waals surface area contributed by atoms with Gasteiger partial charge in [0.2, 0.25) is 5.91 Å². The van der Waals surface area contributed by atoms with Gasteiger partial charge in [-0.25, -0.2) is 4.98 Å². The van der Waals surface area contributed by atoms with Crippen LogP contribution in [0.2, 0.25) is 0 Å². The first-order chi connectivity index (χ1) is 14.5. The minimum atomic E-state index is -0.112. The van der Waals surface area contributed by atoms with Gasteiger partial charge in [0.25, 0.3) is 5.91 Å². The monoisotopic (exact) mass is 403 g/mol. The normalized spacial score (nSPS) is 16.5. The summed E-state index contributed by atoms with van der Waals surface area (Å²) in [5, 5.41) is 8.33. The number of carbonyl (C=O) groups excluding carboxylic acids is 2. The molecule has 2 aliphatic rings. The van der Waals surface area contributed by atoms with E-state index in [4.69, 9.17) is 4.98 Å². The third-order valence-corrected chi connectivity index (χ3v) is 6.00. The van der Waals surface area contributed by atoms with Crippen molar-refractivity contribution in [1.82, 2.24) is 20.1 Å². The Morgan fingerprint density at radius 2 is 2.00 bits per heavy atom. The van der Waals surface area contributed by atoms with Gasteiger partial charge in [0.1, 0.15) is 0 Å². The van der Waals surface area contributed by atoms with Crippen molar-refractivity contribution in [3.05, 3.63) is 52.8 Å². The van der Waals surface area contributed by atoms with Crippen molar-refractivity contribution in [2.45, 2.75) is 45.1 Å². The largest absolute Gasteiger partial charge is 0.348 e. The van der Waals surface area contributed by atoms with Gasteiger partial charge in [-0.1, -0.05) is 12.1 Å². The SMILES string of the molecule is Cc1nn(C)c2nc(C3CC3)cc(C(=O)NCc3ccc(N4CCCC4=O)cc3)c12. The summed E-state index contributed by atoms with van der Waals surface area (Å²) in [5.74, 6) is 0.521. The van der Waals surface area contributed by atoms with Gasteiger partial charge in [0, 0.05) is 43.9 Å². The van der Waals surface area contributed by atoms with E-state index in [0.29, 0.717) is 24.4 Å². The Morgan fingerprint density at radius 1 is 1.23 bits per heavy atom. The predicted octanol–water partition coefficient (Wildman–Crippen LogP) is 3.21. The van der Waals surface area contributed by atoms with Crippen molar-refractivity contribution in [2.75, 3.05) is 11.4 Å². The number of pyridine rings is 1. The van der Waals surface area contributed by atoms with Crippen LogP contribution in [0.15, 0.2) is 30.3 Å². The van der Waals surface area contributed by atoms with Crippen LogP contribution in [0, 0.1) is 6.92 Å². The Kier molecular flexibility index (Phi) is 4.53. The summed E-state index contributed by atoms with van der Waals surface area (Å²) in [6.45, 7) is 3.12. The van der Waals surface area contributed by atoms with Gasteiger partial charge in [-0.15, -0.1) is 0 Å². The Bertz CT molecular complexity index is 1140. The first-order valence-electron chi connectivity index (χ1n) is 10.5. The summed E-state index contributed by atoms with van der Waals surface area (Å²) in [5.41, 5.74) is 5.12. The Labute approximate surface area is 175 Å². The fourth-order valence-electron chi connectivity index (χ4n) is 4.22. The van der Waals surface area contributed by atoms with E-state index in [0.717, 1.165) is 59.5 Å². The number of hydrogen-bond acceptors (Lipinski definition) is 4. The summed E-state index contributed by atoms with van der Waals surface area (Å²) in [6, 6.07) is 9.77. The van der Waals surface area contributed by atoms with Crippen LogP contribution >= 0.6 is 0 Å². The van der Waals surface area contributed by atoms with Crippen molar-refractivity contribution in [3.63, 3.8) is 0 Å². The molecule has 0 unspecified atom stereocenters. The van der Waals surface area contributed by atoms with Gasteiger partial charge in [0.05, 0.1) is 16.6 Å². The number of carbonyl (C=O) groups is 2. The second-order valence-electron chi connectivity index (χ2n) is 8.27. The molecular weight excluding hydrogens is 378 g/mol. The third-order valence-electron chi connectivity index (χ3n) is 6.00. The van der Waals surface area contributed by atoms with Crippen molar-refractivity contribution >= 4 is 28.5 Å². The van der Waals surface area contributed by atoms with Crippen molar-refractivity contribution < 1.29 is 9.59 Å². The third kappa shape index (κ3) is 3.34. The van der Waals surface area contributed by atoms with Crippen molar-refractivity contribution in [1.29, 1.82) is 0 Å². The molecule has 1 N–H and O–H groups in total. The highest BCUT2D eigenvalue weighted by atomic mass is 16.2. The summed E-state index contributed by atoms with van der Waals surface area (Å²) in [4.78, 5) is 31.6. The van der Waals surface area contributed by atoms with Gasteiger partial charge in [-0.2, -0.15) is 5.10 Å². The second-order valence-corrected chi connectivity index (χ2v) is 8.27. The number of nitrogens with zero attached hydrogens (tertiary/aromatic N) is 4. The Hall–Kier alpha value is -3.22. The van der Waals surface area contributed by atoms with Crippen LogP contribution in [0.4, 0.5) is 5.69 Å². The lowest BCUT2D eigenvalue weighted by atomic mass is 10.1. The van der Waals surface area contributed by atoms with E-state index in [2.05, 4.69) is 10.4 Å². The molecule has 7 heteroatoms. The van der Waals surface area contributed by atoms with Crippen LogP contribution in [-0.4, -0.2) is 33.1 Å². The van der Waals surface area contributed by atoms with Gasteiger partial charge in [-0.05, 0) is 49.9 Å². The summed E-state index contributed by atoms with van der Waals surface area (Å²) in [7, 11) is 1.87. The number of fused-ring (bicyclic) bond motifs is 1. The predicted molar refractivity (Wildman–Crippen MR) is 114 cm³/mol. The molecule has 1 aliphatic carbocycles. The van der Waals surface area contributed by atoms with Crippen LogP contribution in [-0.2, 0) is 18.4 Å². The van der Waals surface area contributed by atoms with E-state index in [1.54, 1.807) is 4.68 Å². The molecule has 3 aromatic rings. The van der Waals surface area contributed by atoms with Gasteiger partial charge >= 0.3 is 0 Å². The van der Waals surface area contributed by atoms with Gasteiger partial charge in [-0.3, -0.25) is 14.3 Å². The molecular formula is C23H25N5O2. The first kappa shape index (κ1) is 18.8. The number of benzene rings is 1. The molecule has 3 heterocycles. The molecule has 5 rings (SSSR count). The zero-order chi connectivity index (χ0) is 20.8. The van der Waals surface area contributed by atoms with E-state index in [1.807, 2.05) is 49.2 Å². The number of hydrogen-bond donors (Lipinski definition) is 1. The van der Waals surface area contributed by atoms with Crippen LogP contribution in [0.3, 0.4) is 0 Å². The summed E-state index contributed by atoms with van der Waals surface area (Å²) in [6.07, 6.45) is 3.78. The molecule has 2 amide bonds. The van der Waals surface area contributed by atoms with E-state index < -0.39 is 0 Å². The number of aromatic nitrogens is 3. The quantitative estimate of drug-likeness (QED) is 0.709. The van der Waals surface area contributed by atoms with Crippen LogP contribution < -0.4 is 10.2 Å². The van der Waals surface area contributed by atoms with Gasteiger partial charge < -0.3 is 10.2 Å². The minimum Gasteiger partial charge on any atom is -0.348 e. The lowest BCUT2D eigenvalue weighted by molar-refractivity contribution is -0.117. The molecule has 30 heavy (non-hydrogen) atoms. The highest BCUT2D eigenvalue weighted by Gasteiger charge is 2.28.